The molecule has 0 fully saturated rings. The van der Waals surface area contributed by atoms with Gasteiger partial charge in [-0.15, -0.1) is 0 Å². The lowest BCUT2D eigenvalue weighted by molar-refractivity contribution is 0.0600. The van der Waals surface area contributed by atoms with Crippen LogP contribution in [0.1, 0.15) is 40.0 Å². The van der Waals surface area contributed by atoms with Gasteiger partial charge in [-0.05, 0) is 50.1 Å². The Bertz CT molecular complexity index is 909. The van der Waals surface area contributed by atoms with E-state index in [0.717, 1.165) is 16.7 Å². The Balaban J connectivity index is 2.33. The van der Waals surface area contributed by atoms with Gasteiger partial charge in [0.25, 0.3) is 0 Å². The van der Waals surface area contributed by atoms with Gasteiger partial charge in [0.1, 0.15) is 4.90 Å². The van der Waals surface area contributed by atoms with Gasteiger partial charge in [-0.2, -0.15) is 0 Å². The average Bonchev–Trinajstić information content (AvgIpc) is 2.55. The van der Waals surface area contributed by atoms with Gasteiger partial charge < -0.3 is 4.74 Å². The molecule has 0 heterocycles. The van der Waals surface area contributed by atoms with Crippen LogP contribution in [0.3, 0.4) is 0 Å². The predicted octanol–water partition coefficient (Wildman–Crippen LogP) is 3.78. The number of benzene rings is 2. The highest BCUT2D eigenvalue weighted by Crippen LogP contribution is 2.26. The topological polar surface area (TPSA) is 72.5 Å². The summed E-state index contributed by atoms with van der Waals surface area (Å²) in [6.45, 7) is 5.65. The minimum atomic E-state index is -3.85. The van der Waals surface area contributed by atoms with E-state index < -0.39 is 22.0 Å². The molecule has 134 valence electrons. The van der Waals surface area contributed by atoms with E-state index in [2.05, 4.69) is 9.46 Å². The molecule has 0 saturated carbocycles. The Morgan fingerprint density at radius 3 is 2.44 bits per heavy atom. The number of esters is 1. The summed E-state index contributed by atoms with van der Waals surface area (Å²) in [4.78, 5) is 11.4. The van der Waals surface area contributed by atoms with E-state index in [0.29, 0.717) is 0 Å². The molecule has 2 aromatic rings. The zero-order valence-corrected chi connectivity index (χ0v) is 16.0. The minimum Gasteiger partial charge on any atom is -0.465 e. The van der Waals surface area contributed by atoms with E-state index in [-0.39, 0.29) is 15.5 Å². The van der Waals surface area contributed by atoms with Crippen molar-refractivity contribution in [3.05, 3.63) is 63.7 Å². The SMILES string of the molecule is COC(=O)c1ccc(S(=O)(=O)NC(C)c2cc(C)ccc2C)c(Cl)c1. The van der Waals surface area contributed by atoms with Gasteiger partial charge in [-0.25, -0.2) is 17.9 Å². The number of rotatable bonds is 5. The van der Waals surface area contributed by atoms with Crippen LogP contribution >= 0.6 is 11.6 Å². The molecule has 0 aromatic heterocycles. The quantitative estimate of drug-likeness (QED) is 0.800. The highest BCUT2D eigenvalue weighted by atomic mass is 35.5. The van der Waals surface area contributed by atoms with Crippen molar-refractivity contribution in [2.24, 2.45) is 0 Å². The molecule has 2 aromatic carbocycles. The maximum atomic E-state index is 12.7. The van der Waals surface area contributed by atoms with Crippen molar-refractivity contribution in [2.75, 3.05) is 7.11 Å². The minimum absolute atomic E-state index is 0.0384. The maximum absolute atomic E-state index is 12.7. The van der Waals surface area contributed by atoms with Crippen molar-refractivity contribution in [3.63, 3.8) is 0 Å². The van der Waals surface area contributed by atoms with Crippen LogP contribution in [0.5, 0.6) is 0 Å². The number of carbonyl (C=O) groups excluding carboxylic acids is 1. The lowest BCUT2D eigenvalue weighted by Crippen LogP contribution is -2.27. The van der Waals surface area contributed by atoms with Crippen LogP contribution in [0, 0.1) is 13.8 Å². The normalized spacial score (nSPS) is 12.7. The van der Waals surface area contributed by atoms with E-state index in [9.17, 15) is 13.2 Å². The second-order valence-corrected chi connectivity index (χ2v) is 7.93. The fourth-order valence-electron chi connectivity index (χ4n) is 2.55. The van der Waals surface area contributed by atoms with E-state index >= 15 is 0 Å². The Labute approximate surface area is 153 Å². The van der Waals surface area contributed by atoms with Gasteiger partial charge >= 0.3 is 5.97 Å². The van der Waals surface area contributed by atoms with Gasteiger partial charge in [0.2, 0.25) is 10.0 Å². The summed E-state index contributed by atoms with van der Waals surface area (Å²) in [7, 11) is -2.61. The molecule has 0 saturated heterocycles. The molecule has 2 rings (SSSR count). The second-order valence-electron chi connectivity index (χ2n) is 5.84. The zero-order chi connectivity index (χ0) is 18.8. The summed E-state index contributed by atoms with van der Waals surface area (Å²) < 4.78 is 32.6. The number of ether oxygens (including phenoxy) is 1. The zero-order valence-electron chi connectivity index (χ0n) is 14.5. The molecule has 1 atom stereocenters. The van der Waals surface area contributed by atoms with E-state index in [1.807, 2.05) is 32.0 Å². The third-order valence-corrected chi connectivity index (χ3v) is 5.90. The summed E-state index contributed by atoms with van der Waals surface area (Å²) in [6, 6.07) is 9.40. The number of aryl methyl sites for hydroxylation is 2. The largest absolute Gasteiger partial charge is 0.465 e. The fraction of sp³-hybridized carbons (Fsp3) is 0.278. The van der Waals surface area contributed by atoms with Crippen molar-refractivity contribution in [1.82, 2.24) is 4.72 Å². The molecule has 0 bridgehead atoms. The van der Waals surface area contributed by atoms with Gasteiger partial charge in [-0.3, -0.25) is 0 Å². The van der Waals surface area contributed by atoms with E-state index in [1.165, 1.54) is 25.3 Å². The Hall–Kier alpha value is -1.89. The van der Waals surface area contributed by atoms with Gasteiger partial charge in [0.15, 0.2) is 0 Å². The van der Waals surface area contributed by atoms with Crippen molar-refractivity contribution in [2.45, 2.75) is 31.7 Å². The van der Waals surface area contributed by atoms with Gasteiger partial charge in [0.05, 0.1) is 17.7 Å². The number of hydrogen-bond acceptors (Lipinski definition) is 4. The van der Waals surface area contributed by atoms with Crippen LogP contribution in [0.15, 0.2) is 41.3 Å². The van der Waals surface area contributed by atoms with Gasteiger partial charge in [-0.1, -0.05) is 35.4 Å². The molecule has 0 aliphatic heterocycles. The number of methoxy groups -OCH3 is 1. The van der Waals surface area contributed by atoms with Crippen molar-refractivity contribution >= 4 is 27.6 Å². The second kappa shape index (κ2) is 7.56. The summed E-state index contributed by atoms with van der Waals surface area (Å²) in [5.41, 5.74) is 3.12. The first kappa shape index (κ1) is 19.4. The van der Waals surface area contributed by atoms with E-state index in [4.69, 9.17) is 11.6 Å². The standard InChI is InChI=1S/C18H20ClNO4S/c1-11-5-6-12(2)15(9-11)13(3)20-25(22,23)17-8-7-14(10-16(17)19)18(21)24-4/h5-10,13,20H,1-4H3. The first-order chi connectivity index (χ1) is 11.7. The van der Waals surface area contributed by atoms with Crippen LogP contribution in [-0.4, -0.2) is 21.5 Å². The molecule has 7 heteroatoms. The molecule has 0 amide bonds. The molecule has 5 nitrogen and oxygen atoms in total. The molecule has 0 aliphatic rings. The Morgan fingerprint density at radius 1 is 1.16 bits per heavy atom. The lowest BCUT2D eigenvalue weighted by Gasteiger charge is -2.18. The first-order valence-electron chi connectivity index (χ1n) is 7.63. The van der Waals surface area contributed by atoms with Crippen LogP contribution < -0.4 is 4.72 Å². The number of sulfonamides is 1. The predicted molar refractivity (Wildman–Crippen MR) is 97.4 cm³/mol. The summed E-state index contributed by atoms with van der Waals surface area (Å²) in [5, 5.41) is -0.0384. The highest BCUT2D eigenvalue weighted by molar-refractivity contribution is 7.89. The average molecular weight is 382 g/mol. The molecule has 1 N–H and O–H groups in total. The van der Waals surface area contributed by atoms with Crippen molar-refractivity contribution in [3.8, 4) is 0 Å². The molecule has 0 radical (unpaired) electrons. The highest BCUT2D eigenvalue weighted by Gasteiger charge is 2.23. The Morgan fingerprint density at radius 2 is 1.84 bits per heavy atom. The van der Waals surface area contributed by atoms with Crippen molar-refractivity contribution in [1.29, 1.82) is 0 Å². The smallest absolute Gasteiger partial charge is 0.337 e. The van der Waals surface area contributed by atoms with Gasteiger partial charge in [0, 0.05) is 6.04 Å². The molecule has 25 heavy (non-hydrogen) atoms. The summed E-state index contributed by atoms with van der Waals surface area (Å²) in [5.74, 6) is -0.581. The molecular formula is C18H20ClNO4S. The third kappa shape index (κ3) is 4.39. The summed E-state index contributed by atoms with van der Waals surface area (Å²) in [6.07, 6.45) is 0. The van der Waals surface area contributed by atoms with Crippen LogP contribution in [0.4, 0.5) is 0 Å². The first-order valence-corrected chi connectivity index (χ1v) is 9.49. The molecule has 1 unspecified atom stereocenters. The van der Waals surface area contributed by atoms with Crippen molar-refractivity contribution < 1.29 is 17.9 Å². The van der Waals surface area contributed by atoms with Crippen LogP contribution in [-0.2, 0) is 14.8 Å². The maximum Gasteiger partial charge on any atom is 0.337 e. The monoisotopic (exact) mass is 381 g/mol. The van der Waals surface area contributed by atoms with E-state index in [1.54, 1.807) is 6.92 Å². The third-order valence-electron chi connectivity index (χ3n) is 3.88. The fourth-order valence-corrected chi connectivity index (χ4v) is 4.32. The number of nitrogens with one attached hydrogen (secondary N) is 1. The number of carbonyl (C=O) groups is 1. The summed E-state index contributed by atoms with van der Waals surface area (Å²) >= 11 is 6.07. The number of hydrogen-bond donors (Lipinski definition) is 1. The number of halogens is 1. The lowest BCUT2D eigenvalue weighted by atomic mass is 10.0. The molecule has 0 aliphatic carbocycles. The Kier molecular flexibility index (Phi) is 5.87. The van der Waals surface area contributed by atoms with Crippen LogP contribution in [0.2, 0.25) is 5.02 Å². The molecule has 0 spiro atoms. The van der Waals surface area contributed by atoms with Crippen LogP contribution in [0.25, 0.3) is 0 Å². The molecular weight excluding hydrogens is 362 g/mol.